The highest BCUT2D eigenvalue weighted by molar-refractivity contribution is 7.89. The van der Waals surface area contributed by atoms with E-state index in [1.165, 1.54) is 12.1 Å². The molecule has 1 aromatic carbocycles. The van der Waals surface area contributed by atoms with E-state index in [-0.39, 0.29) is 16.7 Å². The van der Waals surface area contributed by atoms with Crippen molar-refractivity contribution in [1.29, 1.82) is 0 Å². The van der Waals surface area contributed by atoms with Gasteiger partial charge in [0.1, 0.15) is 0 Å². The minimum Gasteiger partial charge on any atom is -0.356 e. The average Bonchev–Trinajstić information content (AvgIpc) is 2.97. The Bertz CT molecular complexity index is 575. The predicted octanol–water partition coefficient (Wildman–Crippen LogP) is 1.57. The molecule has 0 saturated heterocycles. The normalized spacial score (nSPS) is 16.0. The molecule has 1 aliphatic carbocycles. The first-order chi connectivity index (χ1) is 9.97. The summed E-state index contributed by atoms with van der Waals surface area (Å²) in [6.45, 7) is 0.659. The van der Waals surface area contributed by atoms with Crippen molar-refractivity contribution in [2.24, 2.45) is 11.1 Å². The molecular weight excluding hydrogens is 288 g/mol. The first-order valence-corrected chi connectivity index (χ1v) is 8.91. The van der Waals surface area contributed by atoms with Crippen molar-refractivity contribution in [2.45, 2.75) is 43.4 Å². The molecule has 0 atom stereocenters. The minimum absolute atomic E-state index is 0.126. The zero-order chi connectivity index (χ0) is 15.3. The Morgan fingerprint density at radius 2 is 1.81 bits per heavy atom. The lowest BCUT2D eigenvalue weighted by Crippen LogP contribution is -2.30. The number of amides is 1. The standard InChI is InChI=1S/C15H22N2O3S/c16-21(19,20)14-9-7-12(8-10-14)4-3-11-17-15(18)13-5-1-2-6-13/h7-10,13H,1-6,11H2,(H,17,18)(H2,16,19,20). The number of hydrogen-bond donors (Lipinski definition) is 2. The molecule has 0 aromatic heterocycles. The van der Waals surface area contributed by atoms with E-state index in [4.69, 9.17) is 5.14 Å². The SMILES string of the molecule is NS(=O)(=O)c1ccc(CCCNC(=O)C2CCCC2)cc1. The van der Waals surface area contributed by atoms with E-state index in [1.807, 2.05) is 0 Å². The number of rotatable bonds is 6. The number of aryl methyl sites for hydroxylation is 1. The maximum Gasteiger partial charge on any atom is 0.238 e. The number of nitrogens with two attached hydrogens (primary N) is 1. The molecule has 3 N–H and O–H groups in total. The predicted molar refractivity (Wildman–Crippen MR) is 81.1 cm³/mol. The van der Waals surface area contributed by atoms with Gasteiger partial charge in [0.15, 0.2) is 0 Å². The van der Waals surface area contributed by atoms with Crippen LogP contribution in [0, 0.1) is 5.92 Å². The van der Waals surface area contributed by atoms with Crippen molar-refractivity contribution in [1.82, 2.24) is 5.32 Å². The maximum absolute atomic E-state index is 11.8. The van der Waals surface area contributed by atoms with Crippen LogP contribution in [0.4, 0.5) is 0 Å². The molecule has 1 saturated carbocycles. The molecule has 2 rings (SSSR count). The number of carbonyl (C=O) groups excluding carboxylic acids is 1. The Morgan fingerprint density at radius 3 is 2.38 bits per heavy atom. The second-order valence-corrected chi connectivity index (χ2v) is 7.13. The molecule has 0 spiro atoms. The second-order valence-electron chi connectivity index (χ2n) is 5.56. The molecule has 0 heterocycles. The molecule has 1 aliphatic rings. The van der Waals surface area contributed by atoms with Crippen LogP contribution in [-0.2, 0) is 21.2 Å². The third kappa shape index (κ3) is 4.82. The third-order valence-corrected chi connectivity index (χ3v) is 4.85. The average molecular weight is 310 g/mol. The van der Waals surface area contributed by atoms with Gasteiger partial charge in [0.25, 0.3) is 0 Å². The van der Waals surface area contributed by atoms with Gasteiger partial charge in [0.05, 0.1) is 4.90 Å². The Morgan fingerprint density at radius 1 is 1.19 bits per heavy atom. The third-order valence-electron chi connectivity index (χ3n) is 3.92. The highest BCUT2D eigenvalue weighted by Gasteiger charge is 2.21. The first-order valence-electron chi connectivity index (χ1n) is 7.36. The highest BCUT2D eigenvalue weighted by Crippen LogP contribution is 2.24. The first kappa shape index (κ1) is 16.0. The number of benzene rings is 1. The van der Waals surface area contributed by atoms with E-state index in [1.54, 1.807) is 12.1 Å². The van der Waals surface area contributed by atoms with Crippen LogP contribution in [0.25, 0.3) is 0 Å². The van der Waals surface area contributed by atoms with Crippen molar-refractivity contribution in [2.75, 3.05) is 6.54 Å². The molecule has 1 amide bonds. The lowest BCUT2D eigenvalue weighted by Gasteiger charge is -2.10. The van der Waals surface area contributed by atoms with Crippen LogP contribution in [0.3, 0.4) is 0 Å². The van der Waals surface area contributed by atoms with Gasteiger partial charge in [-0.25, -0.2) is 13.6 Å². The summed E-state index contributed by atoms with van der Waals surface area (Å²) in [5.41, 5.74) is 1.04. The smallest absolute Gasteiger partial charge is 0.238 e. The summed E-state index contributed by atoms with van der Waals surface area (Å²) in [6.07, 6.45) is 5.99. The van der Waals surface area contributed by atoms with Gasteiger partial charge in [-0.05, 0) is 43.4 Å². The van der Waals surface area contributed by atoms with Gasteiger partial charge in [0, 0.05) is 12.5 Å². The summed E-state index contributed by atoms with van der Waals surface area (Å²) in [4.78, 5) is 11.9. The molecule has 21 heavy (non-hydrogen) atoms. The molecule has 0 aliphatic heterocycles. The zero-order valence-corrected chi connectivity index (χ0v) is 12.9. The summed E-state index contributed by atoms with van der Waals surface area (Å²) >= 11 is 0. The molecule has 1 aromatic rings. The van der Waals surface area contributed by atoms with Gasteiger partial charge < -0.3 is 5.32 Å². The molecule has 1 fully saturated rings. The van der Waals surface area contributed by atoms with Crippen LogP contribution >= 0.6 is 0 Å². The van der Waals surface area contributed by atoms with Gasteiger partial charge in [-0.15, -0.1) is 0 Å². The Hall–Kier alpha value is -1.40. The Kier molecular flexibility index (Phi) is 5.36. The van der Waals surface area contributed by atoms with Crippen LogP contribution < -0.4 is 10.5 Å². The van der Waals surface area contributed by atoms with Crippen molar-refractivity contribution in [3.05, 3.63) is 29.8 Å². The number of primary sulfonamides is 1. The topological polar surface area (TPSA) is 89.3 Å². The number of nitrogens with one attached hydrogen (secondary N) is 1. The summed E-state index contributed by atoms with van der Waals surface area (Å²) in [5, 5.41) is 8.02. The lowest BCUT2D eigenvalue weighted by molar-refractivity contribution is -0.124. The van der Waals surface area contributed by atoms with E-state index in [9.17, 15) is 13.2 Å². The van der Waals surface area contributed by atoms with E-state index in [0.717, 1.165) is 44.1 Å². The number of carbonyl (C=O) groups is 1. The van der Waals surface area contributed by atoms with Crippen LogP contribution in [0.1, 0.15) is 37.7 Å². The molecule has 5 nitrogen and oxygen atoms in total. The fourth-order valence-electron chi connectivity index (χ4n) is 2.68. The fraction of sp³-hybridized carbons (Fsp3) is 0.533. The van der Waals surface area contributed by atoms with Gasteiger partial charge in [-0.1, -0.05) is 25.0 Å². The van der Waals surface area contributed by atoms with Crippen LogP contribution in [0.2, 0.25) is 0 Å². The number of hydrogen-bond acceptors (Lipinski definition) is 3. The van der Waals surface area contributed by atoms with E-state index in [2.05, 4.69) is 5.32 Å². The quantitative estimate of drug-likeness (QED) is 0.782. The van der Waals surface area contributed by atoms with Gasteiger partial charge in [-0.3, -0.25) is 4.79 Å². The number of sulfonamides is 1. The summed E-state index contributed by atoms with van der Waals surface area (Å²) < 4.78 is 22.3. The molecular formula is C15H22N2O3S. The van der Waals surface area contributed by atoms with Crippen LogP contribution in [0.5, 0.6) is 0 Å². The van der Waals surface area contributed by atoms with Crippen LogP contribution in [0.15, 0.2) is 29.2 Å². The van der Waals surface area contributed by atoms with Gasteiger partial charge in [0.2, 0.25) is 15.9 Å². The van der Waals surface area contributed by atoms with E-state index < -0.39 is 10.0 Å². The maximum atomic E-state index is 11.8. The van der Waals surface area contributed by atoms with Gasteiger partial charge >= 0.3 is 0 Å². The van der Waals surface area contributed by atoms with Crippen LogP contribution in [-0.4, -0.2) is 20.9 Å². The zero-order valence-electron chi connectivity index (χ0n) is 12.0. The second kappa shape index (κ2) is 7.04. The summed E-state index contributed by atoms with van der Waals surface area (Å²) in [6, 6.07) is 6.56. The highest BCUT2D eigenvalue weighted by atomic mass is 32.2. The minimum atomic E-state index is -3.62. The molecule has 0 bridgehead atoms. The van der Waals surface area contributed by atoms with E-state index in [0.29, 0.717) is 6.54 Å². The largest absolute Gasteiger partial charge is 0.356 e. The van der Waals surface area contributed by atoms with Crippen molar-refractivity contribution >= 4 is 15.9 Å². The molecule has 116 valence electrons. The van der Waals surface area contributed by atoms with Crippen molar-refractivity contribution in [3.63, 3.8) is 0 Å². The van der Waals surface area contributed by atoms with E-state index >= 15 is 0 Å². The Balaban J connectivity index is 1.72. The molecule has 0 unspecified atom stereocenters. The molecule has 6 heteroatoms. The van der Waals surface area contributed by atoms with Crippen molar-refractivity contribution < 1.29 is 13.2 Å². The van der Waals surface area contributed by atoms with Crippen molar-refractivity contribution in [3.8, 4) is 0 Å². The van der Waals surface area contributed by atoms with Gasteiger partial charge in [-0.2, -0.15) is 0 Å². The summed E-state index contributed by atoms with van der Waals surface area (Å²) in [7, 11) is -3.62. The molecule has 0 radical (unpaired) electrons. The fourth-order valence-corrected chi connectivity index (χ4v) is 3.20. The Labute approximate surface area is 126 Å². The monoisotopic (exact) mass is 310 g/mol. The lowest BCUT2D eigenvalue weighted by atomic mass is 10.1. The summed E-state index contributed by atoms with van der Waals surface area (Å²) in [5.74, 6) is 0.385.